The Hall–Kier alpha value is -2.49. The number of benzene rings is 2. The highest BCUT2D eigenvalue weighted by Gasteiger charge is 2.13. The molecule has 3 aromatic rings. The minimum absolute atomic E-state index is 0.546. The minimum Gasteiger partial charge on any atom is -0.496 e. The number of aryl methyl sites for hydroxylation is 1. The molecule has 0 atom stereocenters. The number of nitrogens with two attached hydrogens (primary N) is 1. The zero-order chi connectivity index (χ0) is 14.1. The van der Waals surface area contributed by atoms with Crippen LogP contribution in [0, 0.1) is 0 Å². The van der Waals surface area contributed by atoms with E-state index < -0.39 is 0 Å². The molecular weight excluding hydrogens is 252 g/mol. The number of oxazole rings is 1. The molecule has 0 bridgehead atoms. The van der Waals surface area contributed by atoms with E-state index in [1.165, 1.54) is 5.56 Å². The summed E-state index contributed by atoms with van der Waals surface area (Å²) in [5.74, 6) is 1.21. The van der Waals surface area contributed by atoms with Gasteiger partial charge in [-0.1, -0.05) is 13.0 Å². The first-order chi connectivity index (χ1) is 9.71. The lowest BCUT2D eigenvalue weighted by molar-refractivity contribution is 0.415. The van der Waals surface area contributed by atoms with Gasteiger partial charge in [0.1, 0.15) is 11.3 Å². The topological polar surface area (TPSA) is 61.3 Å². The molecule has 2 N–H and O–H groups in total. The van der Waals surface area contributed by atoms with Crippen molar-refractivity contribution < 1.29 is 9.15 Å². The van der Waals surface area contributed by atoms with E-state index in [0.717, 1.165) is 23.1 Å². The summed E-state index contributed by atoms with van der Waals surface area (Å²) in [4.78, 5) is 4.54. The lowest BCUT2D eigenvalue weighted by atomic mass is 10.1. The number of anilines is 1. The van der Waals surface area contributed by atoms with Gasteiger partial charge in [-0.05, 0) is 36.2 Å². The van der Waals surface area contributed by atoms with Gasteiger partial charge in [0, 0.05) is 11.8 Å². The van der Waals surface area contributed by atoms with Crippen LogP contribution < -0.4 is 10.5 Å². The van der Waals surface area contributed by atoms with Crippen LogP contribution in [-0.4, -0.2) is 12.1 Å². The molecule has 0 saturated heterocycles. The van der Waals surface area contributed by atoms with E-state index >= 15 is 0 Å². The molecule has 4 heteroatoms. The lowest BCUT2D eigenvalue weighted by Crippen LogP contribution is -1.91. The fourth-order valence-electron chi connectivity index (χ4n) is 2.19. The average Bonchev–Trinajstić information content (AvgIpc) is 2.89. The van der Waals surface area contributed by atoms with Gasteiger partial charge in [0.15, 0.2) is 5.58 Å². The van der Waals surface area contributed by atoms with Crippen LogP contribution in [0.4, 0.5) is 5.69 Å². The number of nitrogens with zero attached hydrogens (tertiary/aromatic N) is 1. The molecule has 102 valence electrons. The quantitative estimate of drug-likeness (QED) is 0.736. The normalized spacial score (nSPS) is 10.9. The SMILES string of the molecule is CCc1ccc2oc(-c3ccc(N)cc3OC)nc2c1. The van der Waals surface area contributed by atoms with Crippen LogP contribution in [0.2, 0.25) is 0 Å². The van der Waals surface area contributed by atoms with Crippen molar-refractivity contribution in [2.45, 2.75) is 13.3 Å². The number of hydrogen-bond donors (Lipinski definition) is 1. The second-order valence-corrected chi connectivity index (χ2v) is 4.63. The van der Waals surface area contributed by atoms with Crippen molar-refractivity contribution >= 4 is 16.8 Å². The smallest absolute Gasteiger partial charge is 0.231 e. The number of rotatable bonds is 3. The van der Waals surface area contributed by atoms with Gasteiger partial charge in [-0.2, -0.15) is 0 Å². The summed E-state index contributed by atoms with van der Waals surface area (Å²) in [6.07, 6.45) is 0.976. The Labute approximate surface area is 117 Å². The highest BCUT2D eigenvalue weighted by molar-refractivity contribution is 5.78. The summed E-state index contributed by atoms with van der Waals surface area (Å²) in [7, 11) is 1.61. The Bertz CT molecular complexity index is 762. The maximum atomic E-state index is 5.80. The van der Waals surface area contributed by atoms with Gasteiger partial charge in [0.25, 0.3) is 0 Å². The lowest BCUT2D eigenvalue weighted by Gasteiger charge is -2.05. The van der Waals surface area contributed by atoms with Crippen LogP contribution in [0.3, 0.4) is 0 Å². The van der Waals surface area contributed by atoms with Crippen LogP contribution in [0.15, 0.2) is 40.8 Å². The maximum Gasteiger partial charge on any atom is 0.231 e. The molecule has 0 aliphatic carbocycles. The van der Waals surface area contributed by atoms with Gasteiger partial charge in [0.05, 0.1) is 12.7 Å². The second-order valence-electron chi connectivity index (χ2n) is 4.63. The minimum atomic E-state index is 0.546. The van der Waals surface area contributed by atoms with Crippen LogP contribution in [-0.2, 0) is 6.42 Å². The molecule has 0 fully saturated rings. The Morgan fingerprint density at radius 3 is 2.80 bits per heavy atom. The monoisotopic (exact) mass is 268 g/mol. The van der Waals surface area contributed by atoms with E-state index in [-0.39, 0.29) is 0 Å². The average molecular weight is 268 g/mol. The summed E-state index contributed by atoms with van der Waals surface area (Å²) >= 11 is 0. The molecule has 2 aromatic carbocycles. The third-order valence-electron chi connectivity index (χ3n) is 3.32. The number of ether oxygens (including phenoxy) is 1. The van der Waals surface area contributed by atoms with Crippen molar-refractivity contribution in [2.75, 3.05) is 12.8 Å². The molecular formula is C16H16N2O2. The van der Waals surface area contributed by atoms with Crippen molar-refractivity contribution in [3.8, 4) is 17.2 Å². The zero-order valence-corrected chi connectivity index (χ0v) is 11.5. The van der Waals surface area contributed by atoms with Crippen molar-refractivity contribution in [3.63, 3.8) is 0 Å². The zero-order valence-electron chi connectivity index (χ0n) is 11.5. The molecule has 0 saturated carbocycles. The fraction of sp³-hybridized carbons (Fsp3) is 0.188. The van der Waals surface area contributed by atoms with Crippen molar-refractivity contribution in [1.82, 2.24) is 4.98 Å². The fourth-order valence-corrected chi connectivity index (χ4v) is 2.19. The number of fused-ring (bicyclic) bond motifs is 1. The molecule has 4 nitrogen and oxygen atoms in total. The molecule has 3 rings (SSSR count). The predicted octanol–water partition coefficient (Wildman–Crippen LogP) is 3.65. The van der Waals surface area contributed by atoms with Crippen LogP contribution in [0.1, 0.15) is 12.5 Å². The molecule has 0 aliphatic rings. The standard InChI is InChI=1S/C16H16N2O2/c1-3-10-4-7-14-13(8-10)18-16(20-14)12-6-5-11(17)9-15(12)19-2/h4-9H,3,17H2,1-2H3. The maximum absolute atomic E-state index is 5.80. The molecule has 0 amide bonds. The van der Waals surface area contributed by atoms with Gasteiger partial charge in [-0.25, -0.2) is 4.98 Å². The van der Waals surface area contributed by atoms with Gasteiger partial charge >= 0.3 is 0 Å². The van der Waals surface area contributed by atoms with E-state index in [4.69, 9.17) is 14.9 Å². The Morgan fingerprint density at radius 1 is 1.20 bits per heavy atom. The molecule has 0 aliphatic heterocycles. The first kappa shape index (κ1) is 12.5. The predicted molar refractivity (Wildman–Crippen MR) is 79.8 cm³/mol. The molecule has 20 heavy (non-hydrogen) atoms. The Morgan fingerprint density at radius 2 is 2.05 bits per heavy atom. The number of nitrogen functional groups attached to an aromatic ring is 1. The molecule has 0 radical (unpaired) electrons. The van der Waals surface area contributed by atoms with E-state index in [9.17, 15) is 0 Å². The first-order valence-corrected chi connectivity index (χ1v) is 6.54. The van der Waals surface area contributed by atoms with E-state index in [1.54, 1.807) is 13.2 Å². The molecule has 1 aromatic heterocycles. The molecule has 0 spiro atoms. The van der Waals surface area contributed by atoms with Crippen LogP contribution in [0.25, 0.3) is 22.6 Å². The number of aromatic nitrogens is 1. The van der Waals surface area contributed by atoms with Gasteiger partial charge in [-0.15, -0.1) is 0 Å². The third-order valence-corrected chi connectivity index (χ3v) is 3.32. The van der Waals surface area contributed by atoms with Crippen molar-refractivity contribution in [2.24, 2.45) is 0 Å². The van der Waals surface area contributed by atoms with Crippen molar-refractivity contribution in [3.05, 3.63) is 42.0 Å². The van der Waals surface area contributed by atoms with Crippen LogP contribution in [0.5, 0.6) is 5.75 Å². The number of methoxy groups -OCH3 is 1. The summed E-state index contributed by atoms with van der Waals surface area (Å²) in [6.45, 7) is 2.12. The van der Waals surface area contributed by atoms with Crippen LogP contribution >= 0.6 is 0 Å². The van der Waals surface area contributed by atoms with Gasteiger partial charge < -0.3 is 14.9 Å². The number of hydrogen-bond acceptors (Lipinski definition) is 4. The third kappa shape index (κ3) is 2.09. The van der Waals surface area contributed by atoms with Gasteiger partial charge in [0.2, 0.25) is 5.89 Å². The van der Waals surface area contributed by atoms with Gasteiger partial charge in [-0.3, -0.25) is 0 Å². The summed E-state index contributed by atoms with van der Waals surface area (Å²) in [6, 6.07) is 11.5. The van der Waals surface area contributed by atoms with E-state index in [0.29, 0.717) is 17.3 Å². The van der Waals surface area contributed by atoms with Crippen molar-refractivity contribution in [1.29, 1.82) is 0 Å². The molecule has 0 unspecified atom stereocenters. The molecule has 1 heterocycles. The highest BCUT2D eigenvalue weighted by Crippen LogP contribution is 2.33. The van der Waals surface area contributed by atoms with E-state index in [1.807, 2.05) is 24.3 Å². The summed E-state index contributed by atoms with van der Waals surface area (Å²) < 4.78 is 11.1. The summed E-state index contributed by atoms with van der Waals surface area (Å²) in [5, 5.41) is 0. The second kappa shape index (κ2) is 4.89. The highest BCUT2D eigenvalue weighted by atomic mass is 16.5. The van der Waals surface area contributed by atoms with E-state index in [2.05, 4.69) is 18.0 Å². The Kier molecular flexibility index (Phi) is 3.06. The first-order valence-electron chi connectivity index (χ1n) is 6.54. The Balaban J connectivity index is 2.14. The summed E-state index contributed by atoms with van der Waals surface area (Å²) in [5.41, 5.74) is 10.1. The largest absolute Gasteiger partial charge is 0.496 e.